The number of allylic oxidation sites excluding steroid dienone is 1. The van der Waals surface area contributed by atoms with E-state index in [0.29, 0.717) is 48.1 Å². The van der Waals surface area contributed by atoms with Crippen LogP contribution in [0.15, 0.2) is 65.2 Å². The number of aromatic nitrogens is 1. The van der Waals surface area contributed by atoms with Crippen LogP contribution in [0.4, 0.5) is 5.69 Å². The Kier molecular flexibility index (Phi) is 12.9. The van der Waals surface area contributed by atoms with Crippen molar-refractivity contribution < 1.29 is 23.3 Å². The topological polar surface area (TPSA) is 109 Å². The molecule has 13 heteroatoms. The standard InChI is InChI=1S/C47H63ClN6O5S/c1-30(2)54-20-19-52(24-32(54)4)27-38-22-36(25-51(38)5)44(55)49-46-31(3)9-7-11-42(58-6)39-15-12-35(39)26-53-28-47(18-8-10-33-21-37(48)14-16-40(33)47)29-59-43-17-13-34(23-41(43)53)45(56)50-60(46)57/h7,11,13-14,16-17,21-23,25,30-32,35,39,42,46,60H,8-10,12,15,18-20,24,26-29H2,1-6H3,(H,49,55)/b11-7+/t31-,32+,35-,39+,42-,46?,47-/m0/s1. The lowest BCUT2D eigenvalue weighted by molar-refractivity contribution is 0.0131. The number of hydrogen-bond acceptors (Lipinski definition) is 8. The smallest absolute Gasteiger partial charge is 0.285 e. The van der Waals surface area contributed by atoms with Crippen molar-refractivity contribution in [1.29, 1.82) is 0 Å². The summed E-state index contributed by atoms with van der Waals surface area (Å²) in [4.78, 5) is 35.4. The third kappa shape index (κ3) is 8.82. The van der Waals surface area contributed by atoms with Crippen LogP contribution < -0.4 is 15.0 Å². The molecule has 60 heavy (non-hydrogen) atoms. The highest BCUT2D eigenvalue weighted by Gasteiger charge is 2.44. The number of anilines is 1. The van der Waals surface area contributed by atoms with Gasteiger partial charge in [0.05, 0.1) is 34.6 Å². The number of fused-ring (bicyclic) bond motifs is 4. The summed E-state index contributed by atoms with van der Waals surface area (Å²) in [5, 5.41) is 2.94. The number of ether oxygens (including phenoxy) is 2. The van der Waals surface area contributed by atoms with Crippen molar-refractivity contribution in [3.05, 3.63) is 93.8 Å². The van der Waals surface area contributed by atoms with E-state index in [-0.39, 0.29) is 23.3 Å². The Morgan fingerprint density at radius 2 is 1.95 bits per heavy atom. The van der Waals surface area contributed by atoms with E-state index in [9.17, 15) is 13.8 Å². The molecular formula is C47H63ClN6O5S. The zero-order valence-electron chi connectivity index (χ0n) is 36.1. The molecule has 2 bridgehead atoms. The number of aryl methyl sites for hydroxylation is 2. The molecule has 0 radical (unpaired) electrons. The van der Waals surface area contributed by atoms with E-state index < -0.39 is 21.9 Å². The Labute approximate surface area is 363 Å². The molecule has 324 valence electrons. The van der Waals surface area contributed by atoms with Gasteiger partial charge < -0.3 is 24.3 Å². The van der Waals surface area contributed by atoms with Crippen LogP contribution in [-0.4, -0.2) is 100 Å². The van der Waals surface area contributed by atoms with Gasteiger partial charge in [-0.25, -0.2) is 0 Å². The first kappa shape index (κ1) is 43.0. The highest BCUT2D eigenvalue weighted by Crippen LogP contribution is 2.47. The molecule has 1 N–H and O–H groups in total. The van der Waals surface area contributed by atoms with Gasteiger partial charge in [-0.05, 0) is 125 Å². The van der Waals surface area contributed by atoms with Crippen molar-refractivity contribution >= 4 is 39.7 Å². The van der Waals surface area contributed by atoms with Gasteiger partial charge in [-0.3, -0.25) is 23.6 Å². The van der Waals surface area contributed by atoms with Crippen LogP contribution >= 0.6 is 11.6 Å². The third-order valence-electron chi connectivity index (χ3n) is 14.2. The predicted octanol–water partition coefficient (Wildman–Crippen LogP) is 7.26. The molecule has 2 aromatic carbocycles. The van der Waals surface area contributed by atoms with Gasteiger partial charge in [0.1, 0.15) is 11.1 Å². The van der Waals surface area contributed by atoms with E-state index in [4.69, 9.17) is 21.1 Å². The van der Waals surface area contributed by atoms with Gasteiger partial charge in [0.25, 0.3) is 11.8 Å². The first-order chi connectivity index (χ1) is 28.8. The van der Waals surface area contributed by atoms with Crippen molar-refractivity contribution in [3.8, 4) is 5.75 Å². The fourth-order valence-electron chi connectivity index (χ4n) is 10.7. The lowest BCUT2D eigenvalue weighted by Crippen LogP contribution is -2.53. The van der Waals surface area contributed by atoms with E-state index in [2.05, 4.69) is 69.4 Å². The molecule has 2 amide bonds. The second-order valence-electron chi connectivity index (χ2n) is 18.5. The second kappa shape index (κ2) is 18.0. The highest BCUT2D eigenvalue weighted by molar-refractivity contribution is 7.76. The number of piperazine rings is 1. The van der Waals surface area contributed by atoms with Gasteiger partial charge in [0.15, 0.2) is 0 Å². The van der Waals surface area contributed by atoms with E-state index >= 15 is 0 Å². The number of amides is 2. The summed E-state index contributed by atoms with van der Waals surface area (Å²) in [6.07, 6.45) is 11.6. The van der Waals surface area contributed by atoms with Gasteiger partial charge in [0.2, 0.25) is 0 Å². The normalized spacial score (nSPS) is 31.0. The summed E-state index contributed by atoms with van der Waals surface area (Å²) < 4.78 is 33.4. The first-order valence-corrected chi connectivity index (χ1v) is 23.6. The average Bonchev–Trinajstić information content (AvgIpc) is 3.50. The van der Waals surface area contributed by atoms with E-state index in [0.717, 1.165) is 93.5 Å². The molecule has 4 heterocycles. The number of benzene rings is 2. The maximum atomic E-state index is 14.3. The second-order valence-corrected chi connectivity index (χ2v) is 20.3. The Morgan fingerprint density at radius 1 is 1.12 bits per heavy atom. The molecule has 2 fully saturated rings. The molecule has 1 aromatic heterocycles. The maximum Gasteiger partial charge on any atom is 0.285 e. The Balaban J connectivity index is 1.08. The minimum atomic E-state index is -2.55. The monoisotopic (exact) mass is 858 g/mol. The lowest BCUT2D eigenvalue weighted by atomic mass is 9.68. The molecule has 1 spiro atoms. The van der Waals surface area contributed by atoms with E-state index in [1.807, 2.05) is 49.0 Å². The fraction of sp³-hybridized carbons (Fsp3) is 0.574. The zero-order valence-corrected chi connectivity index (χ0v) is 37.8. The van der Waals surface area contributed by atoms with Gasteiger partial charge in [0, 0.05) is 93.4 Å². The number of methoxy groups -OCH3 is 1. The van der Waals surface area contributed by atoms with Crippen molar-refractivity contribution in [2.75, 3.05) is 51.3 Å². The summed E-state index contributed by atoms with van der Waals surface area (Å²) in [6.45, 7) is 14.4. The molecule has 8 atom stereocenters. The molecule has 3 aromatic rings. The molecule has 11 nitrogen and oxygen atoms in total. The van der Waals surface area contributed by atoms with Gasteiger partial charge >= 0.3 is 0 Å². The van der Waals surface area contributed by atoms with Crippen LogP contribution in [0.1, 0.15) is 97.3 Å². The minimum absolute atomic E-state index is 0.0865. The zero-order chi connectivity index (χ0) is 42.3. The number of carbonyl (C=O) groups excluding carboxylic acids is 2. The molecule has 1 saturated carbocycles. The number of nitrogens with zero attached hydrogens (tertiary/aromatic N) is 5. The Morgan fingerprint density at radius 3 is 2.70 bits per heavy atom. The van der Waals surface area contributed by atoms with Crippen LogP contribution in [0, 0.1) is 17.8 Å². The molecule has 5 aliphatic rings. The number of halogens is 1. The highest BCUT2D eigenvalue weighted by atomic mass is 35.5. The largest absolute Gasteiger partial charge is 0.490 e. The molecular weight excluding hydrogens is 796 g/mol. The van der Waals surface area contributed by atoms with Gasteiger partial charge in [-0.15, -0.1) is 0 Å². The molecule has 1 saturated heterocycles. The average molecular weight is 860 g/mol. The maximum absolute atomic E-state index is 14.3. The molecule has 2 aliphatic carbocycles. The molecule has 8 rings (SSSR count). The van der Waals surface area contributed by atoms with Gasteiger partial charge in [-0.1, -0.05) is 36.7 Å². The lowest BCUT2D eigenvalue weighted by Gasteiger charge is -2.46. The number of thiol groups is 1. The number of hydrogen-bond donors (Lipinski definition) is 2. The summed E-state index contributed by atoms with van der Waals surface area (Å²) in [6, 6.07) is 14.6. The molecule has 2 unspecified atom stereocenters. The van der Waals surface area contributed by atoms with Crippen molar-refractivity contribution in [2.45, 2.75) is 102 Å². The van der Waals surface area contributed by atoms with Gasteiger partial charge in [-0.2, -0.15) is 4.36 Å². The van der Waals surface area contributed by atoms with Crippen molar-refractivity contribution in [1.82, 2.24) is 19.7 Å². The summed E-state index contributed by atoms with van der Waals surface area (Å²) in [5.74, 6) is 0.228. The third-order valence-corrected chi connectivity index (χ3v) is 15.9. The Hall–Kier alpha value is -3.68. The number of carbonyl (C=O) groups is 2. The van der Waals surface area contributed by atoms with E-state index in [1.54, 1.807) is 13.2 Å². The summed E-state index contributed by atoms with van der Waals surface area (Å²) in [7, 11) is 1.19. The van der Waals surface area contributed by atoms with Crippen LogP contribution in [0.2, 0.25) is 5.02 Å². The van der Waals surface area contributed by atoms with Crippen LogP contribution in [0.3, 0.4) is 0 Å². The summed E-state index contributed by atoms with van der Waals surface area (Å²) in [5.41, 5.74) is 5.03. The quantitative estimate of drug-likeness (QED) is 0.197. The SMILES string of the molecule is CO[C@H]1/C=C/C[C@H](C)C(NC(=O)c2cc(CN3CCN(C(C)C)[C@H](C)C3)n(C)c2)/[SH](=O)=N\C(=O)c2ccc3c(c2)N(C[C@@H]2CC[C@H]21)C[C@@]1(CCCc2cc(Cl)ccc21)CO3. The molecule has 3 aliphatic heterocycles. The van der Waals surface area contributed by atoms with Crippen LogP contribution in [0.5, 0.6) is 5.75 Å². The number of rotatable bonds is 6. The van der Waals surface area contributed by atoms with Crippen LogP contribution in [-0.2, 0) is 40.8 Å². The van der Waals surface area contributed by atoms with Crippen molar-refractivity contribution in [2.24, 2.45) is 29.2 Å². The Bertz CT molecular complexity index is 2200. The van der Waals surface area contributed by atoms with E-state index in [1.165, 1.54) is 11.1 Å². The predicted molar refractivity (Wildman–Crippen MR) is 240 cm³/mol. The first-order valence-electron chi connectivity index (χ1n) is 22.0. The fourth-order valence-corrected chi connectivity index (χ4v) is 12.1. The minimum Gasteiger partial charge on any atom is -0.490 e. The number of nitrogens with one attached hydrogen (secondary N) is 1. The van der Waals surface area contributed by atoms with Crippen molar-refractivity contribution in [3.63, 3.8) is 0 Å². The summed E-state index contributed by atoms with van der Waals surface area (Å²) >= 11 is 6.49. The van der Waals surface area contributed by atoms with Crippen LogP contribution in [0.25, 0.3) is 0 Å².